The van der Waals surface area contributed by atoms with E-state index in [1.807, 2.05) is 19.1 Å². The lowest BCUT2D eigenvalue weighted by molar-refractivity contribution is -0.385. The summed E-state index contributed by atoms with van der Waals surface area (Å²) in [6, 6.07) is 13.7. The summed E-state index contributed by atoms with van der Waals surface area (Å²) in [4.78, 5) is 10.7. The molecule has 1 atom stereocenters. The average molecular weight is 286 g/mol. The van der Waals surface area contributed by atoms with Gasteiger partial charge in [0.2, 0.25) is 0 Å². The highest BCUT2D eigenvalue weighted by Gasteiger charge is 2.17. The first-order valence-electron chi connectivity index (χ1n) is 6.82. The number of para-hydroxylation sites is 1. The van der Waals surface area contributed by atoms with Crippen molar-refractivity contribution in [3.63, 3.8) is 0 Å². The van der Waals surface area contributed by atoms with E-state index >= 15 is 0 Å². The van der Waals surface area contributed by atoms with E-state index in [0.29, 0.717) is 12.1 Å². The minimum absolute atomic E-state index is 0.0938. The molecule has 0 aliphatic carbocycles. The van der Waals surface area contributed by atoms with Crippen LogP contribution in [-0.2, 0) is 6.42 Å². The average Bonchev–Trinajstić information content (AvgIpc) is 2.49. The highest BCUT2D eigenvalue weighted by Crippen LogP contribution is 2.24. The molecule has 2 aromatic rings. The lowest BCUT2D eigenvalue weighted by Gasteiger charge is -2.14. The van der Waals surface area contributed by atoms with E-state index in [4.69, 9.17) is 0 Å². The molecular weight excluding hydrogens is 268 g/mol. The van der Waals surface area contributed by atoms with Gasteiger partial charge in [-0.3, -0.25) is 10.1 Å². The Hall–Kier alpha value is -2.40. The first kappa shape index (κ1) is 15.0. The van der Waals surface area contributed by atoms with Crippen LogP contribution in [0.15, 0.2) is 48.5 Å². The summed E-state index contributed by atoms with van der Waals surface area (Å²) in [5.74, 6) is 0.250. The number of nitro benzene ring substituents is 1. The van der Waals surface area contributed by atoms with Gasteiger partial charge in [0.15, 0.2) is 0 Å². The first-order valence-corrected chi connectivity index (χ1v) is 6.82. The molecule has 2 aromatic carbocycles. The number of hydrogen-bond acceptors (Lipinski definition) is 4. The van der Waals surface area contributed by atoms with Crippen molar-refractivity contribution in [2.24, 2.45) is 0 Å². The Morgan fingerprint density at radius 2 is 1.86 bits per heavy atom. The van der Waals surface area contributed by atoms with Crippen LogP contribution >= 0.6 is 0 Å². The molecule has 2 N–H and O–H groups in total. The molecule has 0 bridgehead atoms. The van der Waals surface area contributed by atoms with Crippen molar-refractivity contribution in [2.45, 2.75) is 19.4 Å². The van der Waals surface area contributed by atoms with Gasteiger partial charge in [0.1, 0.15) is 5.75 Å². The summed E-state index contributed by atoms with van der Waals surface area (Å²) in [7, 11) is 0. The van der Waals surface area contributed by atoms with Crippen molar-refractivity contribution in [2.75, 3.05) is 6.54 Å². The molecule has 21 heavy (non-hydrogen) atoms. The number of rotatable bonds is 6. The fourth-order valence-corrected chi connectivity index (χ4v) is 2.23. The molecule has 0 fully saturated rings. The molecule has 5 heteroatoms. The van der Waals surface area contributed by atoms with Crippen LogP contribution in [-0.4, -0.2) is 16.6 Å². The standard InChI is InChI=1S/C16H18N2O3/c1-12(15-4-2-3-5-16(15)18(20)21)17-11-10-13-6-8-14(19)9-7-13/h2-9,12,17,19H,10-11H2,1H3. The van der Waals surface area contributed by atoms with Crippen LogP contribution in [0, 0.1) is 10.1 Å². The second-order valence-corrected chi connectivity index (χ2v) is 4.91. The lowest BCUT2D eigenvalue weighted by atomic mass is 10.1. The van der Waals surface area contributed by atoms with E-state index in [1.165, 1.54) is 6.07 Å². The number of phenols is 1. The monoisotopic (exact) mass is 286 g/mol. The predicted octanol–water partition coefficient (Wildman–Crippen LogP) is 3.19. The molecule has 0 saturated carbocycles. The van der Waals surface area contributed by atoms with Gasteiger partial charge < -0.3 is 10.4 Å². The van der Waals surface area contributed by atoms with Crippen molar-refractivity contribution in [3.8, 4) is 5.75 Å². The maximum absolute atomic E-state index is 11.0. The lowest BCUT2D eigenvalue weighted by Crippen LogP contribution is -2.22. The summed E-state index contributed by atoms with van der Waals surface area (Å²) in [6.45, 7) is 2.62. The van der Waals surface area contributed by atoms with Gasteiger partial charge in [0.05, 0.1) is 4.92 Å². The van der Waals surface area contributed by atoms with E-state index in [1.54, 1.807) is 30.3 Å². The Morgan fingerprint density at radius 1 is 1.19 bits per heavy atom. The summed E-state index contributed by atoms with van der Waals surface area (Å²) < 4.78 is 0. The third-order valence-electron chi connectivity index (χ3n) is 3.40. The van der Waals surface area contributed by atoms with Crippen molar-refractivity contribution >= 4 is 5.69 Å². The SMILES string of the molecule is CC(NCCc1ccc(O)cc1)c1ccccc1[N+](=O)[O-]. The quantitative estimate of drug-likeness (QED) is 0.631. The molecule has 0 saturated heterocycles. The van der Waals surface area contributed by atoms with Crippen LogP contribution in [0.1, 0.15) is 24.1 Å². The van der Waals surface area contributed by atoms with Gasteiger partial charge in [0, 0.05) is 17.7 Å². The maximum atomic E-state index is 11.0. The molecule has 5 nitrogen and oxygen atoms in total. The molecule has 0 radical (unpaired) electrons. The number of hydrogen-bond donors (Lipinski definition) is 2. The molecule has 0 aromatic heterocycles. The molecule has 110 valence electrons. The first-order chi connectivity index (χ1) is 10.1. The number of nitrogens with zero attached hydrogens (tertiary/aromatic N) is 1. The summed E-state index contributed by atoms with van der Waals surface area (Å²) in [6.07, 6.45) is 0.797. The van der Waals surface area contributed by atoms with Crippen LogP contribution in [0.3, 0.4) is 0 Å². The molecule has 2 rings (SSSR count). The zero-order chi connectivity index (χ0) is 15.2. The number of aromatic hydroxyl groups is 1. The van der Waals surface area contributed by atoms with Crippen LogP contribution in [0.4, 0.5) is 5.69 Å². The number of nitrogens with one attached hydrogen (secondary N) is 1. The fourth-order valence-electron chi connectivity index (χ4n) is 2.23. The minimum atomic E-state index is -0.354. The molecule has 0 aliphatic rings. The normalized spacial score (nSPS) is 12.0. The number of phenolic OH excluding ortho intramolecular Hbond substituents is 1. The highest BCUT2D eigenvalue weighted by molar-refractivity contribution is 5.41. The molecule has 0 heterocycles. The smallest absolute Gasteiger partial charge is 0.274 e. The van der Waals surface area contributed by atoms with Crippen LogP contribution in [0.5, 0.6) is 5.75 Å². The highest BCUT2D eigenvalue weighted by atomic mass is 16.6. The molecule has 0 aliphatic heterocycles. The molecular formula is C16H18N2O3. The second-order valence-electron chi connectivity index (χ2n) is 4.91. The predicted molar refractivity (Wildman–Crippen MR) is 81.3 cm³/mol. The Balaban J connectivity index is 1.94. The van der Waals surface area contributed by atoms with Crippen molar-refractivity contribution in [1.29, 1.82) is 0 Å². The second kappa shape index (κ2) is 6.85. The Morgan fingerprint density at radius 3 is 2.52 bits per heavy atom. The van der Waals surface area contributed by atoms with E-state index in [0.717, 1.165) is 12.0 Å². The Labute approximate surface area is 123 Å². The fraction of sp³-hybridized carbons (Fsp3) is 0.250. The van der Waals surface area contributed by atoms with Crippen LogP contribution in [0.25, 0.3) is 0 Å². The summed E-state index contributed by atoms with van der Waals surface area (Å²) in [5, 5.41) is 23.5. The molecule has 0 amide bonds. The van der Waals surface area contributed by atoms with Gasteiger partial charge in [-0.05, 0) is 37.6 Å². The van der Waals surface area contributed by atoms with Gasteiger partial charge >= 0.3 is 0 Å². The van der Waals surface area contributed by atoms with Gasteiger partial charge in [-0.1, -0.05) is 30.3 Å². The van der Waals surface area contributed by atoms with E-state index in [-0.39, 0.29) is 22.4 Å². The van der Waals surface area contributed by atoms with Crippen molar-refractivity contribution in [1.82, 2.24) is 5.32 Å². The third kappa shape index (κ3) is 4.03. The van der Waals surface area contributed by atoms with Crippen molar-refractivity contribution < 1.29 is 10.0 Å². The largest absolute Gasteiger partial charge is 0.508 e. The third-order valence-corrected chi connectivity index (χ3v) is 3.40. The Bertz CT molecular complexity index is 611. The van der Waals surface area contributed by atoms with Gasteiger partial charge in [-0.25, -0.2) is 0 Å². The van der Waals surface area contributed by atoms with Gasteiger partial charge in [-0.15, -0.1) is 0 Å². The van der Waals surface area contributed by atoms with Crippen LogP contribution in [0.2, 0.25) is 0 Å². The van der Waals surface area contributed by atoms with E-state index in [9.17, 15) is 15.2 Å². The number of nitro groups is 1. The summed E-state index contributed by atoms with van der Waals surface area (Å²) >= 11 is 0. The van der Waals surface area contributed by atoms with Gasteiger partial charge in [-0.2, -0.15) is 0 Å². The zero-order valence-electron chi connectivity index (χ0n) is 11.8. The minimum Gasteiger partial charge on any atom is -0.508 e. The molecule has 0 spiro atoms. The topological polar surface area (TPSA) is 75.4 Å². The Kier molecular flexibility index (Phi) is 4.90. The molecule has 1 unspecified atom stereocenters. The zero-order valence-corrected chi connectivity index (χ0v) is 11.8. The van der Waals surface area contributed by atoms with E-state index < -0.39 is 0 Å². The van der Waals surface area contributed by atoms with Crippen molar-refractivity contribution in [3.05, 3.63) is 69.8 Å². The van der Waals surface area contributed by atoms with Gasteiger partial charge in [0.25, 0.3) is 5.69 Å². The van der Waals surface area contributed by atoms with E-state index in [2.05, 4.69) is 5.32 Å². The summed E-state index contributed by atoms with van der Waals surface area (Å²) in [5.41, 5.74) is 1.94. The maximum Gasteiger partial charge on any atom is 0.274 e. The van der Waals surface area contributed by atoms with Crippen LogP contribution < -0.4 is 5.32 Å². The number of benzene rings is 2.